The molecule has 2 unspecified atom stereocenters. The summed E-state index contributed by atoms with van der Waals surface area (Å²) in [4.78, 5) is 11.7. The van der Waals surface area contributed by atoms with Gasteiger partial charge in [-0.3, -0.25) is 4.79 Å². The molecule has 1 amide bonds. The Morgan fingerprint density at radius 3 is 2.38 bits per heavy atom. The molecule has 3 aliphatic carbocycles. The number of carbonyl (C=O) groups excluding carboxylic acids is 1. The minimum atomic E-state index is -0.523. The van der Waals surface area contributed by atoms with E-state index in [1.54, 1.807) is 13.2 Å². The van der Waals surface area contributed by atoms with Crippen molar-refractivity contribution in [1.29, 1.82) is 0 Å². The van der Waals surface area contributed by atoms with Crippen LogP contribution in [0.5, 0.6) is 5.75 Å². The quantitative estimate of drug-likeness (QED) is 0.901. The van der Waals surface area contributed by atoms with Gasteiger partial charge in [0.15, 0.2) is 0 Å². The molecule has 21 heavy (non-hydrogen) atoms. The Morgan fingerprint density at radius 1 is 1.24 bits per heavy atom. The van der Waals surface area contributed by atoms with Gasteiger partial charge < -0.3 is 16.2 Å². The summed E-state index contributed by atoms with van der Waals surface area (Å²) in [5.41, 5.74) is 13.2. The van der Waals surface area contributed by atoms with Crippen LogP contribution >= 0.6 is 11.6 Å². The number of rotatable bonds is 3. The molecule has 0 saturated heterocycles. The molecule has 3 fully saturated rings. The molecular formula is C16H21ClN2O2. The Hall–Kier alpha value is -1.26. The minimum Gasteiger partial charge on any atom is -0.496 e. The summed E-state index contributed by atoms with van der Waals surface area (Å²) in [7, 11) is 1.56. The molecule has 4 nitrogen and oxygen atoms in total. The number of halogens is 1. The van der Waals surface area contributed by atoms with Gasteiger partial charge in [-0.1, -0.05) is 11.6 Å². The Morgan fingerprint density at radius 2 is 1.86 bits per heavy atom. The smallest absolute Gasteiger partial charge is 0.252 e. The molecule has 3 aliphatic rings. The highest BCUT2D eigenvalue weighted by atomic mass is 35.5. The lowest BCUT2D eigenvalue weighted by molar-refractivity contribution is 0.0994. The summed E-state index contributed by atoms with van der Waals surface area (Å²) in [6, 6.07) is 3.56. The molecule has 0 radical (unpaired) electrons. The van der Waals surface area contributed by atoms with Crippen LogP contribution in [0.15, 0.2) is 12.1 Å². The summed E-state index contributed by atoms with van der Waals surface area (Å²) in [6.07, 6.45) is 4.77. The maximum absolute atomic E-state index is 11.7. The lowest BCUT2D eigenvalue weighted by Gasteiger charge is -2.47. The number of carbonyl (C=O) groups is 1. The molecule has 4 rings (SSSR count). The van der Waals surface area contributed by atoms with Crippen molar-refractivity contribution in [2.75, 3.05) is 7.11 Å². The van der Waals surface area contributed by atoms with Crippen LogP contribution in [-0.2, 0) is 0 Å². The molecule has 2 atom stereocenters. The van der Waals surface area contributed by atoms with Gasteiger partial charge in [-0.25, -0.2) is 0 Å². The van der Waals surface area contributed by atoms with Gasteiger partial charge in [0.2, 0.25) is 0 Å². The summed E-state index contributed by atoms with van der Waals surface area (Å²) >= 11 is 6.19. The second kappa shape index (κ2) is 5.50. The van der Waals surface area contributed by atoms with E-state index in [2.05, 4.69) is 0 Å². The zero-order chi connectivity index (χ0) is 15.1. The molecule has 5 heteroatoms. The molecule has 3 saturated carbocycles. The molecular weight excluding hydrogens is 288 g/mol. The standard InChI is InChI=1S/C16H21ClN2O2/c1-21-15-11(6-10(17)7-12(15)16(19)20)13-8-2-4-9(5-3-8)14(13)18/h6-9,13-14H,2-5,18H2,1H3,(H2,19,20). The second-order valence-electron chi connectivity index (χ2n) is 6.22. The van der Waals surface area contributed by atoms with E-state index in [-0.39, 0.29) is 12.0 Å². The first-order valence-electron chi connectivity index (χ1n) is 7.45. The van der Waals surface area contributed by atoms with Gasteiger partial charge in [0.25, 0.3) is 5.91 Å². The number of hydrogen-bond donors (Lipinski definition) is 2. The highest BCUT2D eigenvalue weighted by Crippen LogP contribution is 2.51. The number of hydrogen-bond acceptors (Lipinski definition) is 3. The van der Waals surface area contributed by atoms with Crippen LogP contribution in [0.4, 0.5) is 0 Å². The maximum atomic E-state index is 11.7. The van der Waals surface area contributed by atoms with E-state index in [0.717, 1.165) is 5.56 Å². The summed E-state index contributed by atoms with van der Waals surface area (Å²) < 4.78 is 5.49. The van der Waals surface area contributed by atoms with Crippen molar-refractivity contribution < 1.29 is 9.53 Å². The van der Waals surface area contributed by atoms with Crippen molar-refractivity contribution in [2.24, 2.45) is 23.3 Å². The van der Waals surface area contributed by atoms with Crippen molar-refractivity contribution >= 4 is 17.5 Å². The zero-order valence-electron chi connectivity index (χ0n) is 12.1. The lowest BCUT2D eigenvalue weighted by Crippen LogP contribution is -2.47. The van der Waals surface area contributed by atoms with Gasteiger partial charge in [0.1, 0.15) is 5.75 Å². The molecule has 0 spiro atoms. The van der Waals surface area contributed by atoms with Crippen LogP contribution in [0.2, 0.25) is 5.02 Å². The fraction of sp³-hybridized carbons (Fsp3) is 0.562. The van der Waals surface area contributed by atoms with E-state index in [1.807, 2.05) is 6.07 Å². The van der Waals surface area contributed by atoms with Gasteiger partial charge in [-0.05, 0) is 49.7 Å². The topological polar surface area (TPSA) is 78.3 Å². The van der Waals surface area contributed by atoms with Crippen LogP contribution in [0.25, 0.3) is 0 Å². The fourth-order valence-corrected chi connectivity index (χ4v) is 4.46. The normalized spacial score (nSPS) is 31.2. The first-order chi connectivity index (χ1) is 10.0. The Balaban J connectivity index is 2.11. The third kappa shape index (κ3) is 2.40. The van der Waals surface area contributed by atoms with E-state index >= 15 is 0 Å². The Labute approximate surface area is 129 Å². The van der Waals surface area contributed by atoms with Crippen molar-refractivity contribution in [3.8, 4) is 5.75 Å². The summed E-state index contributed by atoms with van der Waals surface area (Å²) in [5.74, 6) is 1.31. The molecule has 1 aromatic rings. The van der Waals surface area contributed by atoms with E-state index in [4.69, 9.17) is 27.8 Å². The molecule has 114 valence electrons. The molecule has 0 aliphatic heterocycles. The van der Waals surface area contributed by atoms with E-state index in [0.29, 0.717) is 28.2 Å². The van der Waals surface area contributed by atoms with Crippen LogP contribution in [0.3, 0.4) is 0 Å². The first-order valence-corrected chi connectivity index (χ1v) is 7.83. The predicted octanol–water partition coefficient (Wildman–Crippen LogP) is 2.68. The maximum Gasteiger partial charge on any atom is 0.252 e. The highest BCUT2D eigenvalue weighted by molar-refractivity contribution is 6.31. The predicted molar refractivity (Wildman–Crippen MR) is 82.7 cm³/mol. The van der Waals surface area contributed by atoms with Crippen molar-refractivity contribution in [3.05, 3.63) is 28.3 Å². The monoisotopic (exact) mass is 308 g/mol. The number of ether oxygens (including phenoxy) is 1. The average Bonchev–Trinajstić information content (AvgIpc) is 2.47. The minimum absolute atomic E-state index is 0.102. The van der Waals surface area contributed by atoms with Crippen LogP contribution in [-0.4, -0.2) is 19.1 Å². The highest BCUT2D eigenvalue weighted by Gasteiger charge is 2.43. The van der Waals surface area contributed by atoms with Crippen LogP contribution in [0, 0.1) is 11.8 Å². The molecule has 1 aromatic carbocycles. The zero-order valence-corrected chi connectivity index (χ0v) is 12.9. The van der Waals surface area contributed by atoms with Gasteiger partial charge >= 0.3 is 0 Å². The Kier molecular flexibility index (Phi) is 3.84. The van der Waals surface area contributed by atoms with E-state index < -0.39 is 5.91 Å². The first kappa shape index (κ1) is 14.7. The number of methoxy groups -OCH3 is 1. The largest absolute Gasteiger partial charge is 0.496 e. The van der Waals surface area contributed by atoms with E-state index in [1.165, 1.54) is 25.7 Å². The number of primary amides is 1. The van der Waals surface area contributed by atoms with Gasteiger partial charge in [-0.2, -0.15) is 0 Å². The molecule has 0 aromatic heterocycles. The third-order valence-corrected chi connectivity index (χ3v) is 5.41. The lowest BCUT2D eigenvalue weighted by atomic mass is 9.60. The average molecular weight is 309 g/mol. The number of fused-ring (bicyclic) bond motifs is 3. The van der Waals surface area contributed by atoms with Crippen molar-refractivity contribution in [3.63, 3.8) is 0 Å². The van der Waals surface area contributed by atoms with Crippen LogP contribution < -0.4 is 16.2 Å². The fourth-order valence-electron chi connectivity index (χ4n) is 4.23. The number of amides is 1. The van der Waals surface area contributed by atoms with Crippen molar-refractivity contribution in [2.45, 2.75) is 37.6 Å². The van der Waals surface area contributed by atoms with Gasteiger partial charge in [0, 0.05) is 22.5 Å². The van der Waals surface area contributed by atoms with E-state index in [9.17, 15) is 4.79 Å². The Bertz CT molecular complexity index is 566. The number of nitrogens with two attached hydrogens (primary N) is 2. The molecule has 4 N–H and O–H groups in total. The summed E-state index contributed by atoms with van der Waals surface area (Å²) in [6.45, 7) is 0. The van der Waals surface area contributed by atoms with Gasteiger partial charge in [0.05, 0.1) is 12.7 Å². The molecule has 0 heterocycles. The summed E-state index contributed by atoms with van der Waals surface area (Å²) in [5, 5.41) is 0.508. The van der Waals surface area contributed by atoms with Crippen molar-refractivity contribution in [1.82, 2.24) is 0 Å². The second-order valence-corrected chi connectivity index (χ2v) is 6.65. The number of benzene rings is 1. The SMILES string of the molecule is COc1c(C(N)=O)cc(Cl)cc1C1C2CCC(CC2)C1N. The van der Waals surface area contributed by atoms with Crippen LogP contribution in [0.1, 0.15) is 47.5 Å². The third-order valence-electron chi connectivity index (χ3n) is 5.19. The molecule has 2 bridgehead atoms. The van der Waals surface area contributed by atoms with Gasteiger partial charge in [-0.15, -0.1) is 0 Å².